The van der Waals surface area contributed by atoms with Gasteiger partial charge in [-0.15, -0.1) is 0 Å². The molecule has 0 nitrogen and oxygen atoms in total. The lowest BCUT2D eigenvalue weighted by atomic mass is 9.72. The third-order valence-corrected chi connectivity index (χ3v) is 3.95. The van der Waals surface area contributed by atoms with Gasteiger partial charge in [0.1, 0.15) is 0 Å². The van der Waals surface area contributed by atoms with Gasteiger partial charge in [0.25, 0.3) is 0 Å². The van der Waals surface area contributed by atoms with E-state index in [0.29, 0.717) is 5.41 Å². The topological polar surface area (TPSA) is 0 Å². The number of fused-ring (bicyclic) bond motifs is 1. The maximum absolute atomic E-state index is 3.52. The van der Waals surface area contributed by atoms with E-state index in [1.54, 1.807) is 11.1 Å². The van der Waals surface area contributed by atoms with Gasteiger partial charge in [0.15, 0.2) is 0 Å². The van der Waals surface area contributed by atoms with E-state index < -0.39 is 0 Å². The lowest BCUT2D eigenvalue weighted by Gasteiger charge is -2.32. The van der Waals surface area contributed by atoms with Gasteiger partial charge in [-0.05, 0) is 41.4 Å². The SMILES string of the molecule is CC1(C)CCCc2ccc(CBr)cc21. The molecule has 0 radical (unpaired) electrons. The second-order valence-electron chi connectivity index (χ2n) is 4.86. The number of hydrogen-bond acceptors (Lipinski definition) is 0. The quantitative estimate of drug-likeness (QED) is 0.658. The van der Waals surface area contributed by atoms with Crippen molar-refractivity contribution in [1.82, 2.24) is 0 Å². The molecule has 2 rings (SSSR count). The molecule has 0 atom stereocenters. The van der Waals surface area contributed by atoms with Gasteiger partial charge in [0.05, 0.1) is 0 Å². The fraction of sp³-hybridized carbons (Fsp3) is 0.538. The van der Waals surface area contributed by atoms with Gasteiger partial charge in [0, 0.05) is 5.33 Å². The first kappa shape index (κ1) is 10.2. The number of rotatable bonds is 1. The van der Waals surface area contributed by atoms with Gasteiger partial charge < -0.3 is 0 Å². The van der Waals surface area contributed by atoms with Crippen molar-refractivity contribution >= 4 is 15.9 Å². The monoisotopic (exact) mass is 252 g/mol. The molecule has 14 heavy (non-hydrogen) atoms. The van der Waals surface area contributed by atoms with Gasteiger partial charge >= 0.3 is 0 Å². The first-order chi connectivity index (χ1) is 6.63. The molecule has 0 amide bonds. The van der Waals surface area contributed by atoms with Crippen LogP contribution in [0.5, 0.6) is 0 Å². The lowest BCUT2D eigenvalue weighted by Crippen LogP contribution is -2.23. The Morgan fingerprint density at radius 1 is 1.36 bits per heavy atom. The van der Waals surface area contributed by atoms with Crippen LogP contribution in [0.1, 0.15) is 43.4 Å². The van der Waals surface area contributed by atoms with E-state index >= 15 is 0 Å². The predicted molar refractivity (Wildman–Crippen MR) is 65.0 cm³/mol. The van der Waals surface area contributed by atoms with Crippen LogP contribution in [-0.4, -0.2) is 0 Å². The minimum Gasteiger partial charge on any atom is -0.0876 e. The van der Waals surface area contributed by atoms with E-state index in [2.05, 4.69) is 48.0 Å². The molecule has 0 N–H and O–H groups in total. The van der Waals surface area contributed by atoms with E-state index in [9.17, 15) is 0 Å². The molecule has 0 aromatic heterocycles. The molecule has 1 aromatic carbocycles. The molecular formula is C13H17Br. The Labute approximate surface area is 94.8 Å². The highest BCUT2D eigenvalue weighted by atomic mass is 79.9. The van der Waals surface area contributed by atoms with Gasteiger partial charge in [-0.1, -0.05) is 48.0 Å². The minimum atomic E-state index is 0.381. The highest BCUT2D eigenvalue weighted by Crippen LogP contribution is 2.37. The first-order valence-corrected chi connectivity index (χ1v) is 6.44. The molecule has 0 bridgehead atoms. The Bertz CT molecular complexity index is 339. The van der Waals surface area contributed by atoms with Crippen molar-refractivity contribution in [2.75, 3.05) is 0 Å². The van der Waals surface area contributed by atoms with Crippen LogP contribution >= 0.6 is 15.9 Å². The summed E-state index contributed by atoms with van der Waals surface area (Å²) in [6.07, 6.45) is 3.93. The van der Waals surface area contributed by atoms with Crippen LogP contribution in [0.2, 0.25) is 0 Å². The molecule has 0 saturated heterocycles. The summed E-state index contributed by atoms with van der Waals surface area (Å²) >= 11 is 3.52. The van der Waals surface area contributed by atoms with Gasteiger partial charge in [-0.3, -0.25) is 0 Å². The van der Waals surface area contributed by atoms with Crippen LogP contribution in [0.4, 0.5) is 0 Å². The smallest absolute Gasteiger partial charge is 0.0283 e. The second kappa shape index (κ2) is 3.69. The summed E-state index contributed by atoms with van der Waals surface area (Å²) in [6, 6.07) is 6.94. The highest BCUT2D eigenvalue weighted by Gasteiger charge is 2.26. The maximum Gasteiger partial charge on any atom is 0.0283 e. The summed E-state index contributed by atoms with van der Waals surface area (Å²) in [5, 5.41) is 0.969. The molecule has 0 saturated carbocycles. The maximum atomic E-state index is 3.52. The molecule has 1 aliphatic carbocycles. The van der Waals surface area contributed by atoms with Crippen molar-refractivity contribution in [1.29, 1.82) is 0 Å². The number of halogens is 1. The number of alkyl halides is 1. The third-order valence-electron chi connectivity index (χ3n) is 3.31. The normalized spacial score (nSPS) is 19.1. The molecule has 0 heterocycles. The fourth-order valence-corrected chi connectivity index (χ4v) is 2.76. The molecule has 0 aliphatic heterocycles. The zero-order chi connectivity index (χ0) is 10.2. The van der Waals surface area contributed by atoms with Crippen molar-refractivity contribution in [3.05, 3.63) is 34.9 Å². The molecule has 1 aliphatic rings. The van der Waals surface area contributed by atoms with Crippen molar-refractivity contribution < 1.29 is 0 Å². The van der Waals surface area contributed by atoms with Crippen LogP contribution in [0.3, 0.4) is 0 Å². The minimum absolute atomic E-state index is 0.381. The average molecular weight is 253 g/mol. The molecule has 0 fully saturated rings. The summed E-state index contributed by atoms with van der Waals surface area (Å²) in [7, 11) is 0. The standard InChI is InChI=1S/C13H17Br/c1-13(2)7-3-4-11-6-5-10(9-14)8-12(11)13/h5-6,8H,3-4,7,9H2,1-2H3. The highest BCUT2D eigenvalue weighted by molar-refractivity contribution is 9.08. The first-order valence-electron chi connectivity index (χ1n) is 5.32. The van der Waals surface area contributed by atoms with E-state index in [1.165, 1.54) is 24.8 Å². The van der Waals surface area contributed by atoms with Gasteiger partial charge in [0.2, 0.25) is 0 Å². The van der Waals surface area contributed by atoms with Crippen molar-refractivity contribution in [2.45, 2.75) is 43.9 Å². The van der Waals surface area contributed by atoms with Crippen LogP contribution in [0.15, 0.2) is 18.2 Å². The molecule has 76 valence electrons. The van der Waals surface area contributed by atoms with Crippen LogP contribution < -0.4 is 0 Å². The van der Waals surface area contributed by atoms with Crippen LogP contribution in [0, 0.1) is 0 Å². The number of benzene rings is 1. The lowest BCUT2D eigenvalue weighted by molar-refractivity contribution is 0.431. The van der Waals surface area contributed by atoms with Crippen molar-refractivity contribution in [3.63, 3.8) is 0 Å². The summed E-state index contributed by atoms with van der Waals surface area (Å²) in [5.41, 5.74) is 4.91. The third kappa shape index (κ3) is 1.75. The zero-order valence-electron chi connectivity index (χ0n) is 8.94. The Balaban J connectivity index is 2.49. The van der Waals surface area contributed by atoms with E-state index in [0.717, 1.165) is 5.33 Å². The largest absolute Gasteiger partial charge is 0.0876 e. The number of hydrogen-bond donors (Lipinski definition) is 0. The molecule has 1 aromatic rings. The fourth-order valence-electron chi connectivity index (χ4n) is 2.41. The van der Waals surface area contributed by atoms with Crippen LogP contribution in [0.25, 0.3) is 0 Å². The Kier molecular flexibility index (Phi) is 2.70. The van der Waals surface area contributed by atoms with E-state index in [-0.39, 0.29) is 0 Å². The summed E-state index contributed by atoms with van der Waals surface area (Å²) < 4.78 is 0. The van der Waals surface area contributed by atoms with Crippen LogP contribution in [-0.2, 0) is 17.2 Å². The van der Waals surface area contributed by atoms with Crippen molar-refractivity contribution in [3.8, 4) is 0 Å². The van der Waals surface area contributed by atoms with Gasteiger partial charge in [-0.2, -0.15) is 0 Å². The molecule has 0 unspecified atom stereocenters. The molecule has 0 spiro atoms. The zero-order valence-corrected chi connectivity index (χ0v) is 10.5. The molecular weight excluding hydrogens is 236 g/mol. The Morgan fingerprint density at radius 3 is 2.86 bits per heavy atom. The van der Waals surface area contributed by atoms with E-state index in [4.69, 9.17) is 0 Å². The molecule has 1 heteroatoms. The van der Waals surface area contributed by atoms with Crippen molar-refractivity contribution in [2.24, 2.45) is 0 Å². The summed E-state index contributed by atoms with van der Waals surface area (Å²) in [4.78, 5) is 0. The summed E-state index contributed by atoms with van der Waals surface area (Å²) in [6.45, 7) is 4.73. The summed E-state index contributed by atoms with van der Waals surface area (Å²) in [5.74, 6) is 0. The number of aryl methyl sites for hydroxylation is 1. The van der Waals surface area contributed by atoms with E-state index in [1.807, 2.05) is 0 Å². The Morgan fingerprint density at radius 2 is 2.14 bits per heavy atom. The average Bonchev–Trinajstić information content (AvgIpc) is 2.17. The predicted octanol–water partition coefficient (Wildman–Crippen LogP) is 4.20. The van der Waals surface area contributed by atoms with Gasteiger partial charge in [-0.25, -0.2) is 0 Å². The second-order valence-corrected chi connectivity index (χ2v) is 5.42. The Hall–Kier alpha value is -0.300.